The second-order valence-electron chi connectivity index (χ2n) is 10.5. The summed E-state index contributed by atoms with van der Waals surface area (Å²) in [5.74, 6) is 0.908. The van der Waals surface area contributed by atoms with Crippen LogP contribution in [-0.2, 0) is 11.4 Å². The lowest BCUT2D eigenvalue weighted by Crippen LogP contribution is -2.40. The number of ether oxygens (including phenoxy) is 2. The molecule has 1 aliphatic heterocycles. The van der Waals surface area contributed by atoms with Gasteiger partial charge < -0.3 is 14.8 Å². The van der Waals surface area contributed by atoms with Gasteiger partial charge in [0.1, 0.15) is 18.1 Å². The van der Waals surface area contributed by atoms with E-state index in [0.29, 0.717) is 60.0 Å². The van der Waals surface area contributed by atoms with E-state index < -0.39 is 6.04 Å². The Morgan fingerprint density at radius 2 is 1.72 bits per heavy atom. The molecular formula is C36H29Cl2N3O4S. The number of hydrogen-bond donors (Lipinski definition) is 1. The highest BCUT2D eigenvalue weighted by Crippen LogP contribution is 2.32. The summed E-state index contributed by atoms with van der Waals surface area (Å²) < 4.78 is 13.8. The molecule has 2 heterocycles. The number of para-hydroxylation sites is 1. The first-order chi connectivity index (χ1) is 22.3. The lowest BCUT2D eigenvalue weighted by atomic mass is 9.95. The van der Waals surface area contributed by atoms with E-state index >= 15 is 0 Å². The maximum Gasteiger partial charge on any atom is 0.271 e. The van der Waals surface area contributed by atoms with Gasteiger partial charge in [-0.1, -0.05) is 77.0 Å². The smallest absolute Gasteiger partial charge is 0.271 e. The van der Waals surface area contributed by atoms with E-state index in [-0.39, 0.29) is 18.1 Å². The Balaban J connectivity index is 1.44. The van der Waals surface area contributed by atoms with Crippen molar-refractivity contribution in [3.05, 3.63) is 155 Å². The van der Waals surface area contributed by atoms with Crippen LogP contribution >= 0.6 is 34.5 Å². The highest BCUT2D eigenvalue weighted by molar-refractivity contribution is 7.07. The molecule has 0 unspecified atom stereocenters. The van der Waals surface area contributed by atoms with Crippen molar-refractivity contribution >= 4 is 52.2 Å². The van der Waals surface area contributed by atoms with Crippen LogP contribution in [0.4, 0.5) is 5.69 Å². The van der Waals surface area contributed by atoms with Crippen LogP contribution in [0.15, 0.2) is 118 Å². The zero-order chi connectivity index (χ0) is 32.2. The summed E-state index contributed by atoms with van der Waals surface area (Å²) >= 11 is 13.8. The molecule has 6 rings (SSSR count). The molecule has 232 valence electrons. The number of fused-ring (bicyclic) bond motifs is 1. The second kappa shape index (κ2) is 13.8. The molecule has 4 aromatic carbocycles. The van der Waals surface area contributed by atoms with E-state index in [1.807, 2.05) is 79.7 Å². The summed E-state index contributed by atoms with van der Waals surface area (Å²) in [7, 11) is 0. The van der Waals surface area contributed by atoms with Crippen LogP contribution in [-0.4, -0.2) is 17.1 Å². The number of hydrogen-bond acceptors (Lipinski definition) is 6. The van der Waals surface area contributed by atoms with Gasteiger partial charge in [0.25, 0.3) is 11.5 Å². The summed E-state index contributed by atoms with van der Waals surface area (Å²) in [5.41, 5.74) is 3.53. The fourth-order valence-corrected chi connectivity index (χ4v) is 6.68. The van der Waals surface area contributed by atoms with E-state index in [9.17, 15) is 9.59 Å². The van der Waals surface area contributed by atoms with Crippen molar-refractivity contribution in [1.29, 1.82) is 0 Å². The molecule has 0 saturated heterocycles. The van der Waals surface area contributed by atoms with E-state index in [1.54, 1.807) is 41.8 Å². The lowest BCUT2D eigenvalue weighted by molar-refractivity contribution is -0.113. The fraction of sp³-hybridized carbons (Fsp3) is 0.139. The molecule has 5 aromatic rings. The summed E-state index contributed by atoms with van der Waals surface area (Å²) in [5, 5.41) is 4.09. The van der Waals surface area contributed by atoms with Crippen LogP contribution in [0.3, 0.4) is 0 Å². The van der Waals surface area contributed by atoms with Gasteiger partial charge >= 0.3 is 0 Å². The number of thiazole rings is 1. The third-order valence-electron chi connectivity index (χ3n) is 7.35. The van der Waals surface area contributed by atoms with Crippen LogP contribution in [0.5, 0.6) is 11.5 Å². The zero-order valence-electron chi connectivity index (χ0n) is 25.0. The van der Waals surface area contributed by atoms with Crippen LogP contribution in [0.1, 0.15) is 36.6 Å². The molecule has 1 aliphatic rings. The van der Waals surface area contributed by atoms with E-state index in [4.69, 9.17) is 37.7 Å². The number of nitrogens with one attached hydrogen (secondary N) is 1. The van der Waals surface area contributed by atoms with Gasteiger partial charge in [0, 0.05) is 21.3 Å². The largest absolute Gasteiger partial charge is 0.494 e. The van der Waals surface area contributed by atoms with Gasteiger partial charge in [0.15, 0.2) is 4.80 Å². The van der Waals surface area contributed by atoms with Crippen LogP contribution in [0.2, 0.25) is 10.0 Å². The minimum absolute atomic E-state index is 0.279. The third kappa shape index (κ3) is 6.79. The van der Waals surface area contributed by atoms with Crippen molar-refractivity contribution in [1.82, 2.24) is 4.57 Å². The molecule has 0 bridgehead atoms. The lowest BCUT2D eigenvalue weighted by Gasteiger charge is -2.25. The van der Waals surface area contributed by atoms with Crippen LogP contribution in [0, 0.1) is 0 Å². The normalized spacial score (nSPS) is 14.4. The van der Waals surface area contributed by atoms with Crippen molar-refractivity contribution in [2.24, 2.45) is 4.99 Å². The average molecular weight is 671 g/mol. The molecule has 46 heavy (non-hydrogen) atoms. The first kappa shape index (κ1) is 31.4. The number of amides is 1. The van der Waals surface area contributed by atoms with Gasteiger partial charge in [0.05, 0.1) is 28.5 Å². The topological polar surface area (TPSA) is 81.9 Å². The Morgan fingerprint density at radius 3 is 2.46 bits per heavy atom. The monoisotopic (exact) mass is 669 g/mol. The quantitative estimate of drug-likeness (QED) is 0.181. The number of aromatic nitrogens is 1. The van der Waals surface area contributed by atoms with E-state index in [1.165, 1.54) is 11.3 Å². The molecule has 1 atom stereocenters. The highest BCUT2D eigenvalue weighted by Gasteiger charge is 2.32. The van der Waals surface area contributed by atoms with Gasteiger partial charge in [-0.3, -0.25) is 14.2 Å². The minimum Gasteiger partial charge on any atom is -0.494 e. The zero-order valence-corrected chi connectivity index (χ0v) is 27.3. The minimum atomic E-state index is -0.726. The molecular weight excluding hydrogens is 641 g/mol. The summed E-state index contributed by atoms with van der Waals surface area (Å²) in [6.45, 7) is 4.50. The number of allylic oxidation sites excluding steroid dienone is 1. The van der Waals surface area contributed by atoms with Crippen molar-refractivity contribution < 1.29 is 14.3 Å². The summed E-state index contributed by atoms with van der Waals surface area (Å²) in [6.07, 6.45) is 1.75. The third-order valence-corrected chi connectivity index (χ3v) is 8.80. The molecule has 1 N–H and O–H groups in total. The Labute approximate surface area is 279 Å². The number of carbonyl (C=O) groups excluding carboxylic acids is 1. The average Bonchev–Trinajstić information content (AvgIpc) is 3.34. The first-order valence-corrected chi connectivity index (χ1v) is 16.2. The Kier molecular flexibility index (Phi) is 9.40. The molecule has 0 fully saturated rings. The van der Waals surface area contributed by atoms with Gasteiger partial charge in [-0.25, -0.2) is 4.99 Å². The number of nitrogens with zero attached hydrogens (tertiary/aromatic N) is 2. The van der Waals surface area contributed by atoms with Gasteiger partial charge in [0.2, 0.25) is 0 Å². The standard InChI is InChI=1S/C36H29Cl2N3O4S/c1-3-44-29-15-12-24(13-16-29)33-32(34(42)40-28-10-5-4-6-11-28)22(2)39-36-41(33)35(43)31(46-36)20-25-19-27(38)14-17-30(25)45-21-23-8-7-9-26(37)18-23/h4-20,33H,3,21H2,1-2H3,(H,40,42)/b31-20-/t33-/m0/s1. The van der Waals surface area contributed by atoms with Crippen molar-refractivity contribution in [2.75, 3.05) is 11.9 Å². The Bertz CT molecular complexity index is 2120. The number of benzene rings is 4. The predicted octanol–water partition coefficient (Wildman–Crippen LogP) is 7.16. The predicted molar refractivity (Wildman–Crippen MR) is 184 cm³/mol. The van der Waals surface area contributed by atoms with Gasteiger partial charge in [-0.2, -0.15) is 0 Å². The van der Waals surface area contributed by atoms with Gasteiger partial charge in [-0.15, -0.1) is 0 Å². The number of halogens is 2. The Hall–Kier alpha value is -4.63. The first-order valence-electron chi connectivity index (χ1n) is 14.6. The van der Waals surface area contributed by atoms with E-state index in [0.717, 1.165) is 11.1 Å². The number of anilines is 1. The maximum atomic E-state index is 14.2. The molecule has 7 nitrogen and oxygen atoms in total. The van der Waals surface area contributed by atoms with Crippen molar-refractivity contribution in [3.8, 4) is 11.5 Å². The fourth-order valence-electron chi connectivity index (χ4n) is 5.25. The number of rotatable bonds is 9. The number of carbonyl (C=O) groups is 1. The molecule has 0 radical (unpaired) electrons. The second-order valence-corrected chi connectivity index (χ2v) is 12.4. The van der Waals surface area contributed by atoms with Crippen LogP contribution < -0.4 is 29.7 Å². The molecule has 0 spiro atoms. The molecule has 1 aromatic heterocycles. The molecule has 10 heteroatoms. The van der Waals surface area contributed by atoms with Crippen molar-refractivity contribution in [2.45, 2.75) is 26.5 Å². The summed E-state index contributed by atoms with van der Waals surface area (Å²) in [6, 6.07) is 28.6. The highest BCUT2D eigenvalue weighted by atomic mass is 35.5. The molecule has 0 aliphatic carbocycles. The van der Waals surface area contributed by atoms with Crippen LogP contribution in [0.25, 0.3) is 6.08 Å². The SMILES string of the molecule is CCOc1ccc([C@H]2C(C(=O)Nc3ccccc3)=C(C)N=c3s/c(=C\c4cc(Cl)ccc4OCc4cccc(Cl)c4)c(=O)n32)cc1. The van der Waals surface area contributed by atoms with Crippen molar-refractivity contribution in [3.63, 3.8) is 0 Å². The summed E-state index contributed by atoms with van der Waals surface area (Å²) in [4.78, 5) is 33.3. The maximum absolute atomic E-state index is 14.2. The van der Waals surface area contributed by atoms with E-state index in [2.05, 4.69) is 5.32 Å². The van der Waals surface area contributed by atoms with Gasteiger partial charge in [-0.05, 0) is 85.6 Å². The molecule has 1 amide bonds. The Morgan fingerprint density at radius 1 is 0.957 bits per heavy atom. The molecule has 0 saturated carbocycles.